The number of carboxylic acids is 1. The highest BCUT2D eigenvalue weighted by molar-refractivity contribution is 7.80. The Balaban J connectivity index is 2.48. The van der Waals surface area contributed by atoms with E-state index in [9.17, 15) is 4.79 Å². The van der Waals surface area contributed by atoms with E-state index in [1.165, 1.54) is 0 Å². The molecule has 50 valence electrons. The Kier molecular flexibility index (Phi) is 1.52. The summed E-state index contributed by atoms with van der Waals surface area (Å²) in [6.45, 7) is 0.133. The van der Waals surface area contributed by atoms with Crippen molar-refractivity contribution >= 4 is 23.4 Å². The van der Waals surface area contributed by atoms with Crippen molar-refractivity contribution in [3.8, 4) is 0 Å². The minimum absolute atomic E-state index is 0.133. The highest BCUT2D eigenvalue weighted by Gasteiger charge is 2.25. The normalized spacial score (nSPS) is 24.9. The second-order valence-corrected chi connectivity index (χ2v) is 2.00. The van der Waals surface area contributed by atoms with E-state index >= 15 is 0 Å². The fourth-order valence-corrected chi connectivity index (χ4v) is 0.728. The minimum atomic E-state index is -0.935. The van der Waals surface area contributed by atoms with Gasteiger partial charge >= 0.3 is 5.97 Å². The summed E-state index contributed by atoms with van der Waals surface area (Å²) in [5.41, 5.74) is 0. The van der Waals surface area contributed by atoms with Crippen molar-refractivity contribution < 1.29 is 14.6 Å². The number of ether oxygens (including phenoxy) is 1. The zero-order chi connectivity index (χ0) is 6.85. The fraction of sp³-hybridized carbons (Fsp3) is 0.500. The van der Waals surface area contributed by atoms with Gasteiger partial charge in [0.15, 0.2) is 6.04 Å². The molecule has 1 heterocycles. The van der Waals surface area contributed by atoms with Gasteiger partial charge in [0.2, 0.25) is 0 Å². The van der Waals surface area contributed by atoms with E-state index in [1.807, 2.05) is 0 Å². The van der Waals surface area contributed by atoms with Crippen molar-refractivity contribution in [1.29, 1.82) is 0 Å². The van der Waals surface area contributed by atoms with Crippen molar-refractivity contribution in [3.63, 3.8) is 0 Å². The van der Waals surface area contributed by atoms with Gasteiger partial charge in [0.25, 0.3) is 5.17 Å². The molecule has 0 aliphatic carbocycles. The minimum Gasteiger partial charge on any atom is -0.480 e. The predicted molar refractivity (Wildman–Crippen MR) is 33.1 cm³/mol. The number of nitrogens with one attached hydrogen (secondary N) is 1. The van der Waals surface area contributed by atoms with Crippen LogP contribution in [0, 0.1) is 0 Å². The van der Waals surface area contributed by atoms with E-state index < -0.39 is 12.0 Å². The number of carbonyl (C=O) groups is 1. The van der Waals surface area contributed by atoms with Gasteiger partial charge in [-0.15, -0.1) is 0 Å². The number of aliphatic carboxylic acids is 1. The predicted octanol–water partition coefficient (Wildman–Crippen LogP) is -0.656. The standard InChI is InChI=1S/C4H5NO3S/c6-3(7)2-1-8-4(9)5-2/h2H,1H2,(H,5,9)(H,6,7). The van der Waals surface area contributed by atoms with Crippen LogP contribution in [0.25, 0.3) is 0 Å². The number of rotatable bonds is 1. The summed E-state index contributed by atoms with van der Waals surface area (Å²) in [4.78, 5) is 10.1. The number of hydrogen-bond donors (Lipinski definition) is 2. The van der Waals surface area contributed by atoms with Gasteiger partial charge in [0, 0.05) is 0 Å². The van der Waals surface area contributed by atoms with Gasteiger partial charge in [-0.2, -0.15) is 0 Å². The summed E-state index contributed by atoms with van der Waals surface area (Å²) in [6.07, 6.45) is 0. The zero-order valence-corrected chi connectivity index (χ0v) is 5.27. The highest BCUT2D eigenvalue weighted by atomic mass is 32.1. The Morgan fingerprint density at radius 1 is 2.00 bits per heavy atom. The van der Waals surface area contributed by atoms with Gasteiger partial charge in [-0.1, -0.05) is 0 Å². The molecule has 2 N–H and O–H groups in total. The van der Waals surface area contributed by atoms with Crippen LogP contribution in [-0.2, 0) is 9.53 Å². The molecule has 1 saturated heterocycles. The lowest BCUT2D eigenvalue weighted by atomic mass is 10.3. The molecule has 0 bridgehead atoms. The van der Waals surface area contributed by atoms with Crippen LogP contribution in [0.3, 0.4) is 0 Å². The molecule has 0 aromatic heterocycles. The first-order chi connectivity index (χ1) is 4.20. The van der Waals surface area contributed by atoms with Gasteiger partial charge < -0.3 is 15.2 Å². The van der Waals surface area contributed by atoms with Crippen LogP contribution in [0.5, 0.6) is 0 Å². The molecule has 0 saturated carbocycles. The van der Waals surface area contributed by atoms with Crippen LogP contribution in [0.4, 0.5) is 0 Å². The third-order valence-electron chi connectivity index (χ3n) is 0.971. The van der Waals surface area contributed by atoms with Gasteiger partial charge in [-0.25, -0.2) is 4.79 Å². The van der Waals surface area contributed by atoms with Crippen LogP contribution in [0.2, 0.25) is 0 Å². The average molecular weight is 147 g/mol. The molecule has 5 heteroatoms. The van der Waals surface area contributed by atoms with Crippen LogP contribution < -0.4 is 5.32 Å². The lowest BCUT2D eigenvalue weighted by Crippen LogP contribution is -2.33. The molecule has 1 aliphatic heterocycles. The molecule has 0 aromatic rings. The number of thiocarbonyl (C=S) groups is 1. The summed E-state index contributed by atoms with van der Waals surface area (Å²) < 4.78 is 4.67. The Labute approximate surface area is 56.8 Å². The van der Waals surface area contributed by atoms with Crippen LogP contribution >= 0.6 is 12.2 Å². The average Bonchev–Trinajstić information content (AvgIpc) is 2.14. The summed E-state index contributed by atoms with van der Waals surface area (Å²) in [5.74, 6) is -0.935. The second kappa shape index (κ2) is 2.18. The first-order valence-electron chi connectivity index (χ1n) is 2.36. The first-order valence-corrected chi connectivity index (χ1v) is 2.77. The SMILES string of the molecule is O=C(O)C1COC(=S)N1. The van der Waals surface area contributed by atoms with Crippen LogP contribution in [-0.4, -0.2) is 28.9 Å². The molecule has 0 spiro atoms. The van der Waals surface area contributed by atoms with Crippen molar-refractivity contribution in [3.05, 3.63) is 0 Å². The molecule has 4 nitrogen and oxygen atoms in total. The van der Waals surface area contributed by atoms with E-state index in [0.29, 0.717) is 0 Å². The maximum atomic E-state index is 10.1. The third kappa shape index (κ3) is 1.29. The van der Waals surface area contributed by atoms with Crippen LogP contribution in [0.15, 0.2) is 0 Å². The third-order valence-corrected chi connectivity index (χ3v) is 1.21. The summed E-state index contributed by atoms with van der Waals surface area (Å²) in [5, 5.41) is 11.0. The molecule has 1 unspecified atom stereocenters. The number of carboxylic acid groups (broad SMARTS) is 1. The lowest BCUT2D eigenvalue weighted by molar-refractivity contribution is -0.139. The van der Waals surface area contributed by atoms with E-state index in [4.69, 9.17) is 5.11 Å². The quantitative estimate of drug-likeness (QED) is 0.482. The van der Waals surface area contributed by atoms with E-state index in [-0.39, 0.29) is 11.8 Å². The monoisotopic (exact) mass is 147 g/mol. The Hall–Kier alpha value is -0.840. The Bertz CT molecular complexity index is 158. The molecule has 9 heavy (non-hydrogen) atoms. The maximum absolute atomic E-state index is 10.1. The number of hydrogen-bond acceptors (Lipinski definition) is 3. The van der Waals surface area contributed by atoms with E-state index in [0.717, 1.165) is 0 Å². The van der Waals surface area contributed by atoms with Gasteiger partial charge in [-0.3, -0.25) is 0 Å². The van der Waals surface area contributed by atoms with Crippen molar-refractivity contribution in [2.24, 2.45) is 0 Å². The summed E-state index contributed by atoms with van der Waals surface area (Å²) in [6, 6.07) is -0.655. The Morgan fingerprint density at radius 2 is 2.67 bits per heavy atom. The molecule has 1 fully saturated rings. The topological polar surface area (TPSA) is 58.6 Å². The van der Waals surface area contributed by atoms with Gasteiger partial charge in [-0.05, 0) is 12.2 Å². The summed E-state index contributed by atoms with van der Waals surface area (Å²) in [7, 11) is 0. The van der Waals surface area contributed by atoms with Gasteiger partial charge in [0.1, 0.15) is 6.61 Å². The molecule has 1 aliphatic rings. The maximum Gasteiger partial charge on any atom is 0.329 e. The molecule has 0 aromatic carbocycles. The highest BCUT2D eigenvalue weighted by Crippen LogP contribution is 1.96. The van der Waals surface area contributed by atoms with Crippen molar-refractivity contribution in [2.45, 2.75) is 6.04 Å². The first kappa shape index (κ1) is 6.28. The molecule has 1 rings (SSSR count). The van der Waals surface area contributed by atoms with Crippen molar-refractivity contribution in [2.75, 3.05) is 6.61 Å². The van der Waals surface area contributed by atoms with Crippen molar-refractivity contribution in [1.82, 2.24) is 5.32 Å². The largest absolute Gasteiger partial charge is 0.480 e. The van der Waals surface area contributed by atoms with Crippen LogP contribution in [0.1, 0.15) is 0 Å². The summed E-state index contributed by atoms with van der Waals surface area (Å²) >= 11 is 4.52. The molecule has 0 radical (unpaired) electrons. The van der Waals surface area contributed by atoms with E-state index in [2.05, 4.69) is 22.3 Å². The molecular weight excluding hydrogens is 142 g/mol. The lowest BCUT2D eigenvalue weighted by Gasteiger charge is -1.96. The zero-order valence-electron chi connectivity index (χ0n) is 4.46. The Morgan fingerprint density at radius 3 is 2.89 bits per heavy atom. The molecule has 1 atom stereocenters. The fourth-order valence-electron chi connectivity index (χ4n) is 0.518. The molecular formula is C4H5NO3S. The van der Waals surface area contributed by atoms with E-state index in [1.54, 1.807) is 0 Å². The smallest absolute Gasteiger partial charge is 0.329 e. The van der Waals surface area contributed by atoms with Gasteiger partial charge in [0.05, 0.1) is 0 Å². The second-order valence-electron chi connectivity index (χ2n) is 1.63. The molecule has 0 amide bonds.